The molecule has 0 unspecified atom stereocenters. The standard InChI is InChI=1S/C15H16F3N3/c1-9-3-4-11(7-10(9)2)12-8-13(15(16,17)18)21-14(20-12)5-6-19-21/h3-7,12-13,20H,8H2,1-2H3/t12-,13+/m0/s1. The molecular formula is C15H16F3N3. The summed E-state index contributed by atoms with van der Waals surface area (Å²) >= 11 is 0. The lowest BCUT2D eigenvalue weighted by molar-refractivity contribution is -0.173. The lowest BCUT2D eigenvalue weighted by Crippen LogP contribution is -2.35. The third-order valence-corrected chi connectivity index (χ3v) is 4.06. The van der Waals surface area contributed by atoms with Crippen LogP contribution >= 0.6 is 0 Å². The van der Waals surface area contributed by atoms with Crippen molar-refractivity contribution < 1.29 is 13.2 Å². The van der Waals surface area contributed by atoms with Gasteiger partial charge in [-0.1, -0.05) is 18.2 Å². The summed E-state index contributed by atoms with van der Waals surface area (Å²) in [5.41, 5.74) is 3.09. The molecule has 0 radical (unpaired) electrons. The smallest absolute Gasteiger partial charge is 0.363 e. The Hall–Kier alpha value is -1.98. The zero-order valence-corrected chi connectivity index (χ0v) is 11.8. The molecule has 3 rings (SSSR count). The Morgan fingerprint density at radius 3 is 2.62 bits per heavy atom. The van der Waals surface area contributed by atoms with E-state index in [1.807, 2.05) is 32.0 Å². The van der Waals surface area contributed by atoms with Crippen LogP contribution < -0.4 is 5.32 Å². The Kier molecular flexibility index (Phi) is 3.19. The molecule has 2 heterocycles. The Balaban J connectivity index is 1.98. The highest BCUT2D eigenvalue weighted by Gasteiger charge is 2.46. The first-order chi connectivity index (χ1) is 9.86. The Morgan fingerprint density at radius 2 is 1.95 bits per heavy atom. The van der Waals surface area contributed by atoms with Gasteiger partial charge in [-0.2, -0.15) is 18.3 Å². The van der Waals surface area contributed by atoms with Gasteiger partial charge >= 0.3 is 6.18 Å². The summed E-state index contributed by atoms with van der Waals surface area (Å²) < 4.78 is 40.7. The normalized spacial score (nSPS) is 21.8. The second-order valence-electron chi connectivity index (χ2n) is 5.49. The maximum absolute atomic E-state index is 13.2. The highest BCUT2D eigenvalue weighted by molar-refractivity contribution is 5.43. The van der Waals surface area contributed by atoms with Crippen molar-refractivity contribution in [3.05, 3.63) is 47.2 Å². The molecule has 0 saturated carbocycles. The fourth-order valence-corrected chi connectivity index (χ4v) is 2.71. The van der Waals surface area contributed by atoms with E-state index in [-0.39, 0.29) is 12.5 Å². The van der Waals surface area contributed by atoms with Crippen molar-refractivity contribution in [1.82, 2.24) is 9.78 Å². The highest BCUT2D eigenvalue weighted by Crippen LogP contribution is 2.43. The molecule has 3 nitrogen and oxygen atoms in total. The molecule has 1 aromatic heterocycles. The van der Waals surface area contributed by atoms with Crippen LogP contribution in [0.15, 0.2) is 30.5 Å². The van der Waals surface area contributed by atoms with E-state index in [0.29, 0.717) is 5.82 Å². The maximum Gasteiger partial charge on any atom is 0.410 e. The quantitative estimate of drug-likeness (QED) is 0.856. The number of anilines is 1. The van der Waals surface area contributed by atoms with Gasteiger partial charge in [0.25, 0.3) is 0 Å². The second kappa shape index (κ2) is 4.79. The number of aromatic nitrogens is 2. The summed E-state index contributed by atoms with van der Waals surface area (Å²) in [4.78, 5) is 0. The van der Waals surface area contributed by atoms with E-state index < -0.39 is 12.2 Å². The summed E-state index contributed by atoms with van der Waals surface area (Å²) in [6.45, 7) is 3.95. The topological polar surface area (TPSA) is 29.9 Å². The SMILES string of the molecule is Cc1ccc([C@@H]2C[C@H](C(F)(F)F)n3nccc3N2)cc1C. The lowest BCUT2D eigenvalue weighted by atomic mass is 9.94. The summed E-state index contributed by atoms with van der Waals surface area (Å²) in [6.07, 6.45) is -2.97. The number of aryl methyl sites for hydroxylation is 2. The van der Waals surface area contributed by atoms with E-state index >= 15 is 0 Å². The van der Waals surface area contributed by atoms with E-state index in [4.69, 9.17) is 0 Å². The summed E-state index contributed by atoms with van der Waals surface area (Å²) in [5, 5.41) is 6.94. The largest absolute Gasteiger partial charge is 0.410 e. The van der Waals surface area contributed by atoms with Crippen molar-refractivity contribution in [1.29, 1.82) is 0 Å². The molecule has 1 N–H and O–H groups in total. The van der Waals surface area contributed by atoms with Crippen LogP contribution in [0.1, 0.15) is 35.2 Å². The van der Waals surface area contributed by atoms with Gasteiger partial charge < -0.3 is 5.32 Å². The minimum atomic E-state index is -4.30. The Morgan fingerprint density at radius 1 is 1.19 bits per heavy atom. The Bertz CT molecular complexity index is 660. The van der Waals surface area contributed by atoms with Crippen molar-refractivity contribution >= 4 is 5.82 Å². The number of fused-ring (bicyclic) bond motifs is 1. The van der Waals surface area contributed by atoms with Crippen LogP contribution in [-0.2, 0) is 0 Å². The molecule has 112 valence electrons. The Labute approximate surface area is 120 Å². The number of nitrogens with one attached hydrogen (secondary N) is 1. The molecule has 1 aliphatic rings. The minimum absolute atomic E-state index is 0.0549. The van der Waals surface area contributed by atoms with Gasteiger partial charge in [0.2, 0.25) is 0 Å². The molecule has 0 amide bonds. The van der Waals surface area contributed by atoms with Crippen LogP contribution in [0.4, 0.5) is 19.0 Å². The molecule has 1 aliphatic heterocycles. The average Bonchev–Trinajstić information content (AvgIpc) is 2.87. The first-order valence-electron chi connectivity index (χ1n) is 6.80. The van der Waals surface area contributed by atoms with Crippen molar-refractivity contribution in [2.75, 3.05) is 5.32 Å². The zero-order valence-electron chi connectivity index (χ0n) is 11.8. The molecule has 2 aromatic rings. The van der Waals surface area contributed by atoms with Crippen LogP contribution in [-0.4, -0.2) is 16.0 Å². The summed E-state index contributed by atoms with van der Waals surface area (Å²) in [7, 11) is 0. The number of alkyl halides is 3. The van der Waals surface area contributed by atoms with Gasteiger partial charge in [-0.3, -0.25) is 0 Å². The number of halogens is 3. The van der Waals surface area contributed by atoms with Crippen molar-refractivity contribution in [2.45, 2.75) is 38.5 Å². The molecule has 21 heavy (non-hydrogen) atoms. The number of nitrogens with zero attached hydrogens (tertiary/aromatic N) is 2. The first-order valence-corrected chi connectivity index (χ1v) is 6.80. The molecule has 0 fully saturated rings. The molecule has 0 saturated heterocycles. The molecular weight excluding hydrogens is 279 g/mol. The van der Waals surface area contributed by atoms with Gasteiger partial charge in [0.1, 0.15) is 5.82 Å². The van der Waals surface area contributed by atoms with Gasteiger partial charge in [0.05, 0.1) is 12.2 Å². The fraction of sp³-hybridized carbons (Fsp3) is 0.400. The second-order valence-corrected chi connectivity index (χ2v) is 5.49. The molecule has 2 atom stereocenters. The predicted octanol–water partition coefficient (Wildman–Crippen LogP) is 4.16. The minimum Gasteiger partial charge on any atom is -0.363 e. The van der Waals surface area contributed by atoms with E-state index in [1.54, 1.807) is 6.07 Å². The molecule has 0 bridgehead atoms. The highest BCUT2D eigenvalue weighted by atomic mass is 19.4. The first kappa shape index (κ1) is 14.0. The van der Waals surface area contributed by atoms with Crippen LogP contribution in [0.3, 0.4) is 0 Å². The molecule has 6 heteroatoms. The van der Waals surface area contributed by atoms with E-state index in [2.05, 4.69) is 10.4 Å². The summed E-state index contributed by atoms with van der Waals surface area (Å²) in [5.74, 6) is 0.409. The van der Waals surface area contributed by atoms with Crippen LogP contribution in [0.2, 0.25) is 0 Å². The van der Waals surface area contributed by atoms with Gasteiger partial charge in [-0.25, -0.2) is 4.68 Å². The third-order valence-electron chi connectivity index (χ3n) is 4.06. The fourth-order valence-electron chi connectivity index (χ4n) is 2.71. The lowest BCUT2D eigenvalue weighted by Gasteiger charge is -2.33. The van der Waals surface area contributed by atoms with Crippen LogP contribution in [0.25, 0.3) is 0 Å². The van der Waals surface area contributed by atoms with Crippen molar-refractivity contribution in [3.8, 4) is 0 Å². The van der Waals surface area contributed by atoms with Gasteiger partial charge in [-0.15, -0.1) is 0 Å². The predicted molar refractivity (Wildman–Crippen MR) is 74.2 cm³/mol. The van der Waals surface area contributed by atoms with E-state index in [0.717, 1.165) is 21.4 Å². The van der Waals surface area contributed by atoms with Crippen LogP contribution in [0.5, 0.6) is 0 Å². The molecule has 0 aliphatic carbocycles. The number of hydrogen-bond donors (Lipinski definition) is 1. The number of rotatable bonds is 1. The summed E-state index contributed by atoms with van der Waals surface area (Å²) in [6, 6.07) is 5.41. The molecule has 1 aromatic carbocycles. The maximum atomic E-state index is 13.2. The third kappa shape index (κ3) is 2.50. The van der Waals surface area contributed by atoms with Crippen molar-refractivity contribution in [3.63, 3.8) is 0 Å². The number of hydrogen-bond acceptors (Lipinski definition) is 2. The van der Waals surface area contributed by atoms with E-state index in [9.17, 15) is 13.2 Å². The zero-order chi connectivity index (χ0) is 15.2. The van der Waals surface area contributed by atoms with Crippen LogP contribution in [0, 0.1) is 13.8 Å². The molecule has 0 spiro atoms. The number of benzene rings is 1. The van der Waals surface area contributed by atoms with Gasteiger partial charge in [0, 0.05) is 12.5 Å². The monoisotopic (exact) mass is 295 g/mol. The van der Waals surface area contributed by atoms with Gasteiger partial charge in [-0.05, 0) is 30.5 Å². The van der Waals surface area contributed by atoms with Gasteiger partial charge in [0.15, 0.2) is 6.04 Å². The van der Waals surface area contributed by atoms with Crippen molar-refractivity contribution in [2.24, 2.45) is 0 Å². The van der Waals surface area contributed by atoms with E-state index in [1.165, 1.54) is 6.20 Å². The average molecular weight is 295 g/mol.